The predicted octanol–water partition coefficient (Wildman–Crippen LogP) is 2.21. The number of hydrogen-bond acceptors (Lipinski definition) is 3. The third kappa shape index (κ3) is 4.19. The fourth-order valence-corrected chi connectivity index (χ4v) is 1.61. The molecule has 16 heavy (non-hydrogen) atoms. The second-order valence-corrected chi connectivity index (χ2v) is 5.26. The standard InChI is InChI=1S/C13H23N3/c1-11-10-14-7-6-12(11)16(5)9-8-15-13(2,3)4/h6-7,10,15H,8-9H2,1-5H3. The second kappa shape index (κ2) is 5.30. The Balaban J connectivity index is 2.47. The van der Waals surface area contributed by atoms with Crippen LogP contribution in [0.15, 0.2) is 18.5 Å². The molecule has 0 radical (unpaired) electrons. The van der Waals surface area contributed by atoms with Gasteiger partial charge in [0.2, 0.25) is 0 Å². The molecule has 0 saturated carbocycles. The Morgan fingerprint density at radius 2 is 2.06 bits per heavy atom. The molecule has 3 heteroatoms. The molecule has 1 aromatic heterocycles. The van der Waals surface area contributed by atoms with Crippen LogP contribution in [0.1, 0.15) is 26.3 Å². The van der Waals surface area contributed by atoms with E-state index in [1.54, 1.807) is 0 Å². The van der Waals surface area contributed by atoms with E-state index >= 15 is 0 Å². The first-order valence-electron chi connectivity index (χ1n) is 5.77. The number of nitrogens with one attached hydrogen (secondary N) is 1. The lowest BCUT2D eigenvalue weighted by atomic mass is 10.1. The summed E-state index contributed by atoms with van der Waals surface area (Å²) in [7, 11) is 2.12. The summed E-state index contributed by atoms with van der Waals surface area (Å²) >= 11 is 0. The Hall–Kier alpha value is -1.09. The maximum atomic E-state index is 4.10. The van der Waals surface area contributed by atoms with Crippen LogP contribution in [-0.2, 0) is 0 Å². The number of aryl methyl sites for hydroxylation is 1. The zero-order valence-electron chi connectivity index (χ0n) is 11.0. The smallest absolute Gasteiger partial charge is 0.0424 e. The maximum absolute atomic E-state index is 4.10. The number of rotatable bonds is 4. The molecule has 1 rings (SSSR count). The van der Waals surface area contributed by atoms with Crippen molar-refractivity contribution in [2.75, 3.05) is 25.0 Å². The zero-order chi connectivity index (χ0) is 12.2. The minimum Gasteiger partial charge on any atom is -0.373 e. The van der Waals surface area contributed by atoms with Gasteiger partial charge in [-0.3, -0.25) is 4.98 Å². The van der Waals surface area contributed by atoms with Gasteiger partial charge in [0.25, 0.3) is 0 Å². The molecular weight excluding hydrogens is 198 g/mol. The van der Waals surface area contributed by atoms with Crippen LogP contribution in [0.4, 0.5) is 5.69 Å². The van der Waals surface area contributed by atoms with Gasteiger partial charge in [-0.1, -0.05) is 0 Å². The maximum Gasteiger partial charge on any atom is 0.0424 e. The average Bonchev–Trinajstić information content (AvgIpc) is 2.16. The van der Waals surface area contributed by atoms with Crippen molar-refractivity contribution in [1.82, 2.24) is 10.3 Å². The van der Waals surface area contributed by atoms with Crippen molar-refractivity contribution in [2.45, 2.75) is 33.2 Å². The van der Waals surface area contributed by atoms with Gasteiger partial charge in [-0.2, -0.15) is 0 Å². The van der Waals surface area contributed by atoms with Crippen LogP contribution in [0.3, 0.4) is 0 Å². The van der Waals surface area contributed by atoms with Crippen molar-refractivity contribution in [3.63, 3.8) is 0 Å². The van der Waals surface area contributed by atoms with Crippen molar-refractivity contribution < 1.29 is 0 Å². The van der Waals surface area contributed by atoms with Crippen LogP contribution in [0.25, 0.3) is 0 Å². The number of hydrogen-bond donors (Lipinski definition) is 1. The first kappa shape index (κ1) is 13.0. The van der Waals surface area contributed by atoms with Crippen LogP contribution in [0.5, 0.6) is 0 Å². The highest BCUT2D eigenvalue weighted by Crippen LogP contribution is 2.15. The van der Waals surface area contributed by atoms with Gasteiger partial charge >= 0.3 is 0 Å². The van der Waals surface area contributed by atoms with E-state index in [1.807, 2.05) is 12.4 Å². The summed E-state index contributed by atoms with van der Waals surface area (Å²) in [5, 5.41) is 3.48. The van der Waals surface area contributed by atoms with Gasteiger partial charge in [0.15, 0.2) is 0 Å². The van der Waals surface area contributed by atoms with E-state index < -0.39 is 0 Å². The third-order valence-electron chi connectivity index (χ3n) is 2.50. The molecule has 0 aliphatic carbocycles. The van der Waals surface area contributed by atoms with Gasteiger partial charge in [0.1, 0.15) is 0 Å². The topological polar surface area (TPSA) is 28.2 Å². The average molecular weight is 221 g/mol. The fraction of sp³-hybridized carbons (Fsp3) is 0.615. The van der Waals surface area contributed by atoms with E-state index in [2.05, 4.69) is 56.0 Å². The van der Waals surface area contributed by atoms with E-state index in [4.69, 9.17) is 0 Å². The summed E-state index contributed by atoms with van der Waals surface area (Å²) in [6, 6.07) is 2.06. The lowest BCUT2D eigenvalue weighted by Crippen LogP contribution is -2.40. The van der Waals surface area contributed by atoms with E-state index in [0.29, 0.717) is 0 Å². The molecule has 0 unspecified atom stereocenters. The second-order valence-electron chi connectivity index (χ2n) is 5.26. The molecule has 0 aliphatic rings. The van der Waals surface area contributed by atoms with E-state index in [-0.39, 0.29) is 5.54 Å². The molecule has 0 atom stereocenters. The van der Waals surface area contributed by atoms with Crippen molar-refractivity contribution in [3.8, 4) is 0 Å². The molecule has 0 aromatic carbocycles. The molecule has 1 N–H and O–H groups in total. The Bertz CT molecular complexity index is 328. The molecule has 0 amide bonds. The van der Waals surface area contributed by atoms with Crippen molar-refractivity contribution in [2.24, 2.45) is 0 Å². The molecule has 1 aromatic rings. The molecule has 3 nitrogen and oxygen atoms in total. The number of likely N-dealkylation sites (N-methyl/N-ethyl adjacent to an activating group) is 1. The number of nitrogens with zero attached hydrogens (tertiary/aromatic N) is 2. The molecule has 0 spiro atoms. The minimum atomic E-state index is 0.189. The highest BCUT2D eigenvalue weighted by atomic mass is 15.1. The highest BCUT2D eigenvalue weighted by molar-refractivity contribution is 5.50. The number of pyridine rings is 1. The molecule has 90 valence electrons. The molecule has 0 fully saturated rings. The Morgan fingerprint density at radius 1 is 1.38 bits per heavy atom. The SMILES string of the molecule is Cc1cnccc1N(C)CCNC(C)(C)C. The number of aromatic nitrogens is 1. The van der Waals surface area contributed by atoms with Gasteiger partial charge in [0.05, 0.1) is 0 Å². The monoisotopic (exact) mass is 221 g/mol. The predicted molar refractivity (Wildman–Crippen MR) is 70.0 cm³/mol. The lowest BCUT2D eigenvalue weighted by molar-refractivity contribution is 0.431. The van der Waals surface area contributed by atoms with Crippen LogP contribution >= 0.6 is 0 Å². The van der Waals surface area contributed by atoms with Crippen LogP contribution in [0.2, 0.25) is 0 Å². The normalized spacial score (nSPS) is 11.6. The minimum absolute atomic E-state index is 0.189. The number of anilines is 1. The van der Waals surface area contributed by atoms with Crippen molar-refractivity contribution in [3.05, 3.63) is 24.0 Å². The van der Waals surface area contributed by atoms with Gasteiger partial charge < -0.3 is 10.2 Å². The Morgan fingerprint density at radius 3 is 2.62 bits per heavy atom. The van der Waals surface area contributed by atoms with Crippen molar-refractivity contribution in [1.29, 1.82) is 0 Å². The fourth-order valence-electron chi connectivity index (χ4n) is 1.61. The lowest BCUT2D eigenvalue weighted by Gasteiger charge is -2.25. The summed E-state index contributed by atoms with van der Waals surface area (Å²) < 4.78 is 0. The Labute approximate surface area is 98.9 Å². The molecule has 0 bridgehead atoms. The largest absolute Gasteiger partial charge is 0.373 e. The zero-order valence-corrected chi connectivity index (χ0v) is 11.0. The summed E-state index contributed by atoms with van der Waals surface area (Å²) in [6.07, 6.45) is 3.75. The van der Waals surface area contributed by atoms with Gasteiger partial charge in [-0.05, 0) is 39.3 Å². The molecular formula is C13H23N3. The molecule has 1 heterocycles. The summed E-state index contributed by atoms with van der Waals surface area (Å²) in [4.78, 5) is 6.36. The van der Waals surface area contributed by atoms with E-state index in [0.717, 1.165) is 13.1 Å². The molecule has 0 aliphatic heterocycles. The van der Waals surface area contributed by atoms with Crippen LogP contribution < -0.4 is 10.2 Å². The summed E-state index contributed by atoms with van der Waals surface area (Å²) in [5.74, 6) is 0. The highest BCUT2D eigenvalue weighted by Gasteiger charge is 2.09. The first-order valence-corrected chi connectivity index (χ1v) is 5.77. The van der Waals surface area contributed by atoms with Crippen molar-refractivity contribution >= 4 is 5.69 Å². The van der Waals surface area contributed by atoms with Gasteiger partial charge in [-0.25, -0.2) is 0 Å². The van der Waals surface area contributed by atoms with Crippen LogP contribution in [0, 0.1) is 6.92 Å². The summed E-state index contributed by atoms with van der Waals surface area (Å²) in [6.45, 7) is 10.6. The third-order valence-corrected chi connectivity index (χ3v) is 2.50. The first-order chi connectivity index (χ1) is 7.40. The summed E-state index contributed by atoms with van der Waals surface area (Å²) in [5.41, 5.74) is 2.67. The van der Waals surface area contributed by atoms with E-state index in [9.17, 15) is 0 Å². The van der Waals surface area contributed by atoms with E-state index in [1.165, 1.54) is 11.3 Å². The van der Waals surface area contributed by atoms with Gasteiger partial charge in [0, 0.05) is 43.8 Å². The van der Waals surface area contributed by atoms with Gasteiger partial charge in [-0.15, -0.1) is 0 Å². The molecule has 0 saturated heterocycles. The Kier molecular flexibility index (Phi) is 4.30. The van der Waals surface area contributed by atoms with Crippen LogP contribution in [-0.4, -0.2) is 30.7 Å². The quantitative estimate of drug-likeness (QED) is 0.845.